The number of nitrogens with zero attached hydrogens (tertiary/aromatic N) is 1. The second kappa shape index (κ2) is 5.70. The predicted octanol–water partition coefficient (Wildman–Crippen LogP) is 4.95. The summed E-state index contributed by atoms with van der Waals surface area (Å²) in [6, 6.07) is 12.6. The fourth-order valence-electron chi connectivity index (χ4n) is 2.30. The smallest absolute Gasteiger partial charge is 0.146 e. The molecule has 2 nitrogen and oxygen atoms in total. The first-order chi connectivity index (χ1) is 10.1. The van der Waals surface area contributed by atoms with Crippen LogP contribution in [0.2, 0.25) is 5.02 Å². The third kappa shape index (κ3) is 2.83. The van der Waals surface area contributed by atoms with E-state index in [-0.39, 0.29) is 5.82 Å². The lowest BCUT2D eigenvalue weighted by Crippen LogP contribution is -2.03. The highest BCUT2D eigenvalue weighted by Gasteiger charge is 2.07. The van der Waals surface area contributed by atoms with E-state index < -0.39 is 0 Å². The van der Waals surface area contributed by atoms with Crippen LogP contribution in [0.15, 0.2) is 48.7 Å². The number of hydrogen-bond acceptors (Lipinski definition) is 2. The van der Waals surface area contributed by atoms with Gasteiger partial charge in [-0.1, -0.05) is 23.7 Å². The van der Waals surface area contributed by atoms with Gasteiger partial charge >= 0.3 is 0 Å². The van der Waals surface area contributed by atoms with E-state index in [9.17, 15) is 4.39 Å². The Morgan fingerprint density at radius 2 is 2.05 bits per heavy atom. The molecule has 1 aromatic heterocycles. The zero-order valence-electron chi connectivity index (χ0n) is 11.5. The summed E-state index contributed by atoms with van der Waals surface area (Å²) in [6.07, 6.45) is 1.73. The molecule has 0 unspecified atom stereocenters. The van der Waals surface area contributed by atoms with Gasteiger partial charge in [-0.15, -0.1) is 0 Å². The summed E-state index contributed by atoms with van der Waals surface area (Å²) < 4.78 is 13.8. The van der Waals surface area contributed by atoms with Crippen LogP contribution in [0.4, 0.5) is 10.1 Å². The number of aryl methyl sites for hydroxylation is 1. The molecular weight excluding hydrogens is 287 g/mol. The van der Waals surface area contributed by atoms with E-state index in [0.29, 0.717) is 17.3 Å². The van der Waals surface area contributed by atoms with Crippen LogP contribution in [0.1, 0.15) is 11.1 Å². The van der Waals surface area contributed by atoms with Gasteiger partial charge in [-0.05, 0) is 48.4 Å². The lowest BCUT2D eigenvalue weighted by molar-refractivity contribution is 0.629. The molecule has 1 N–H and O–H groups in total. The maximum atomic E-state index is 13.8. The molecule has 0 fully saturated rings. The van der Waals surface area contributed by atoms with Crippen molar-refractivity contribution in [3.8, 4) is 0 Å². The summed E-state index contributed by atoms with van der Waals surface area (Å²) in [5.41, 5.74) is 3.33. The van der Waals surface area contributed by atoms with Gasteiger partial charge in [0, 0.05) is 23.2 Å². The van der Waals surface area contributed by atoms with Gasteiger partial charge in [0.1, 0.15) is 5.82 Å². The van der Waals surface area contributed by atoms with Crippen LogP contribution in [0.5, 0.6) is 0 Å². The molecule has 0 amide bonds. The molecule has 21 heavy (non-hydrogen) atoms. The Kier molecular flexibility index (Phi) is 3.76. The molecule has 2 aromatic carbocycles. The molecule has 3 aromatic rings. The summed E-state index contributed by atoms with van der Waals surface area (Å²) in [4.78, 5) is 4.38. The highest BCUT2D eigenvalue weighted by Crippen LogP contribution is 2.25. The van der Waals surface area contributed by atoms with E-state index in [4.69, 9.17) is 11.6 Å². The second-order valence-corrected chi connectivity index (χ2v) is 5.35. The van der Waals surface area contributed by atoms with Gasteiger partial charge in [0.05, 0.1) is 11.2 Å². The molecule has 1 heterocycles. The van der Waals surface area contributed by atoms with Crippen LogP contribution in [-0.2, 0) is 6.54 Å². The molecule has 106 valence electrons. The molecule has 0 radical (unpaired) electrons. The lowest BCUT2D eigenvalue weighted by Gasteiger charge is -2.11. The number of halogens is 2. The Hall–Kier alpha value is -2.13. The molecular formula is C17H14ClFN2. The Balaban J connectivity index is 1.92. The average molecular weight is 301 g/mol. The number of aromatic nitrogens is 1. The molecule has 0 bridgehead atoms. The first-order valence-electron chi connectivity index (χ1n) is 6.67. The number of nitrogens with one attached hydrogen (secondary N) is 1. The molecule has 0 aliphatic heterocycles. The monoisotopic (exact) mass is 300 g/mol. The van der Waals surface area contributed by atoms with Crippen molar-refractivity contribution in [2.75, 3.05) is 5.32 Å². The molecule has 0 atom stereocenters. The lowest BCUT2D eigenvalue weighted by atomic mass is 10.1. The van der Waals surface area contributed by atoms with E-state index in [1.807, 2.05) is 31.2 Å². The maximum Gasteiger partial charge on any atom is 0.146 e. The van der Waals surface area contributed by atoms with E-state index in [2.05, 4.69) is 10.3 Å². The Morgan fingerprint density at radius 3 is 2.90 bits per heavy atom. The fraction of sp³-hybridized carbons (Fsp3) is 0.118. The summed E-state index contributed by atoms with van der Waals surface area (Å²) in [6.45, 7) is 2.43. The van der Waals surface area contributed by atoms with Crippen molar-refractivity contribution in [2.24, 2.45) is 0 Å². The summed E-state index contributed by atoms with van der Waals surface area (Å²) in [5.74, 6) is -0.258. The highest BCUT2D eigenvalue weighted by molar-refractivity contribution is 6.35. The summed E-state index contributed by atoms with van der Waals surface area (Å²) in [7, 11) is 0. The van der Waals surface area contributed by atoms with E-state index in [1.165, 1.54) is 6.07 Å². The van der Waals surface area contributed by atoms with Crippen LogP contribution in [0, 0.1) is 12.7 Å². The van der Waals surface area contributed by atoms with Crippen molar-refractivity contribution >= 4 is 28.2 Å². The minimum absolute atomic E-state index is 0.258. The molecule has 4 heteroatoms. The van der Waals surface area contributed by atoms with Gasteiger partial charge in [-0.2, -0.15) is 0 Å². The van der Waals surface area contributed by atoms with Crippen LogP contribution >= 0.6 is 11.6 Å². The summed E-state index contributed by atoms with van der Waals surface area (Å²) >= 11 is 6.17. The van der Waals surface area contributed by atoms with Crippen molar-refractivity contribution in [1.29, 1.82) is 0 Å². The molecule has 0 aliphatic carbocycles. The van der Waals surface area contributed by atoms with Gasteiger partial charge in [-0.3, -0.25) is 4.98 Å². The van der Waals surface area contributed by atoms with E-state index in [1.54, 1.807) is 18.3 Å². The molecule has 0 saturated heterocycles. The summed E-state index contributed by atoms with van der Waals surface area (Å²) in [5, 5.41) is 4.70. The minimum Gasteiger partial charge on any atom is -0.379 e. The quantitative estimate of drug-likeness (QED) is 0.740. The van der Waals surface area contributed by atoms with Crippen molar-refractivity contribution in [2.45, 2.75) is 13.5 Å². The second-order valence-electron chi connectivity index (χ2n) is 4.94. The SMILES string of the molecule is Cc1ccc(F)c(NCc2ccc(Cl)c3cccnc23)c1. The number of hydrogen-bond donors (Lipinski definition) is 1. The zero-order chi connectivity index (χ0) is 14.8. The van der Waals surface area contributed by atoms with E-state index >= 15 is 0 Å². The third-order valence-corrected chi connectivity index (χ3v) is 3.72. The minimum atomic E-state index is -0.258. The number of fused-ring (bicyclic) bond motifs is 1. The van der Waals surface area contributed by atoms with Crippen LogP contribution in [-0.4, -0.2) is 4.98 Å². The van der Waals surface area contributed by atoms with Crippen LogP contribution in [0.25, 0.3) is 10.9 Å². The largest absolute Gasteiger partial charge is 0.379 e. The standard InChI is InChI=1S/C17H14ClFN2/c1-11-4-7-15(19)16(9-11)21-10-12-5-6-14(18)13-3-2-8-20-17(12)13/h2-9,21H,10H2,1H3. The molecule has 3 rings (SSSR count). The molecule has 0 aliphatic rings. The topological polar surface area (TPSA) is 24.9 Å². The average Bonchev–Trinajstić information content (AvgIpc) is 2.50. The van der Waals surface area contributed by atoms with Crippen LogP contribution in [0.3, 0.4) is 0 Å². The fourth-order valence-corrected chi connectivity index (χ4v) is 2.52. The number of rotatable bonds is 3. The Bertz CT molecular complexity index is 802. The normalized spacial score (nSPS) is 10.8. The Morgan fingerprint density at radius 1 is 1.19 bits per heavy atom. The number of anilines is 1. The van der Waals surface area contributed by atoms with Crippen LogP contribution < -0.4 is 5.32 Å². The van der Waals surface area contributed by atoms with Gasteiger partial charge in [-0.25, -0.2) is 4.39 Å². The van der Waals surface area contributed by atoms with Gasteiger partial charge in [0.2, 0.25) is 0 Å². The van der Waals surface area contributed by atoms with Gasteiger partial charge < -0.3 is 5.32 Å². The third-order valence-electron chi connectivity index (χ3n) is 3.39. The first-order valence-corrected chi connectivity index (χ1v) is 7.05. The number of benzene rings is 2. The molecule has 0 spiro atoms. The van der Waals surface area contributed by atoms with Gasteiger partial charge in [0.15, 0.2) is 0 Å². The van der Waals surface area contributed by atoms with Crippen molar-refractivity contribution in [3.05, 3.63) is 70.6 Å². The predicted molar refractivity (Wildman–Crippen MR) is 85.2 cm³/mol. The van der Waals surface area contributed by atoms with Gasteiger partial charge in [0.25, 0.3) is 0 Å². The molecule has 0 saturated carbocycles. The first kappa shape index (κ1) is 13.8. The Labute approximate surface area is 127 Å². The van der Waals surface area contributed by atoms with Crippen molar-refractivity contribution < 1.29 is 4.39 Å². The maximum absolute atomic E-state index is 13.8. The van der Waals surface area contributed by atoms with Crippen molar-refractivity contribution in [3.63, 3.8) is 0 Å². The highest BCUT2D eigenvalue weighted by atomic mass is 35.5. The van der Waals surface area contributed by atoms with Crippen molar-refractivity contribution in [1.82, 2.24) is 4.98 Å². The zero-order valence-corrected chi connectivity index (χ0v) is 12.3. The van der Waals surface area contributed by atoms with E-state index in [0.717, 1.165) is 22.0 Å². The number of pyridine rings is 1.